The SMILES string of the molecule is CCc1cccc(NC(=O)CN(C)C(=O)c2ccc(Br)s2)c1. The van der Waals surface area contributed by atoms with Crippen molar-refractivity contribution < 1.29 is 9.59 Å². The molecular formula is C16H17BrN2O2S. The van der Waals surface area contributed by atoms with Gasteiger partial charge in [0.05, 0.1) is 15.2 Å². The molecule has 4 nitrogen and oxygen atoms in total. The maximum absolute atomic E-state index is 12.2. The Kier molecular flexibility index (Phi) is 5.74. The number of halogens is 1. The van der Waals surface area contributed by atoms with Gasteiger partial charge in [0.25, 0.3) is 5.91 Å². The van der Waals surface area contributed by atoms with Gasteiger partial charge in [-0.15, -0.1) is 11.3 Å². The maximum atomic E-state index is 12.2. The van der Waals surface area contributed by atoms with Crippen LogP contribution in [0.25, 0.3) is 0 Å². The molecule has 1 aromatic heterocycles. The highest BCUT2D eigenvalue weighted by Crippen LogP contribution is 2.23. The van der Waals surface area contributed by atoms with Crippen LogP contribution in [-0.4, -0.2) is 30.3 Å². The number of likely N-dealkylation sites (N-methyl/N-ethyl adjacent to an activating group) is 1. The number of nitrogens with one attached hydrogen (secondary N) is 1. The van der Waals surface area contributed by atoms with Crippen LogP contribution in [0.3, 0.4) is 0 Å². The standard InChI is InChI=1S/C16H17BrN2O2S/c1-3-11-5-4-6-12(9-11)18-15(20)10-19(2)16(21)13-7-8-14(17)22-13/h4-9H,3,10H2,1-2H3,(H,18,20). The fourth-order valence-electron chi connectivity index (χ4n) is 1.97. The number of carbonyl (C=O) groups is 2. The summed E-state index contributed by atoms with van der Waals surface area (Å²) >= 11 is 4.68. The Morgan fingerprint density at radius 1 is 1.27 bits per heavy atom. The first-order valence-corrected chi connectivity index (χ1v) is 8.50. The van der Waals surface area contributed by atoms with E-state index in [9.17, 15) is 9.59 Å². The number of hydrogen-bond acceptors (Lipinski definition) is 3. The number of rotatable bonds is 5. The molecule has 0 saturated heterocycles. The molecule has 0 fully saturated rings. The van der Waals surface area contributed by atoms with E-state index in [1.54, 1.807) is 13.1 Å². The van der Waals surface area contributed by atoms with Crippen molar-refractivity contribution in [2.24, 2.45) is 0 Å². The third-order valence-electron chi connectivity index (χ3n) is 3.13. The molecule has 22 heavy (non-hydrogen) atoms. The van der Waals surface area contributed by atoms with Crippen LogP contribution in [0, 0.1) is 0 Å². The molecule has 1 N–H and O–H groups in total. The Hall–Kier alpha value is -1.66. The molecule has 0 aliphatic heterocycles. The number of hydrogen-bond donors (Lipinski definition) is 1. The third kappa shape index (κ3) is 4.42. The highest BCUT2D eigenvalue weighted by atomic mass is 79.9. The van der Waals surface area contributed by atoms with E-state index >= 15 is 0 Å². The van der Waals surface area contributed by atoms with Gasteiger partial charge in [0.1, 0.15) is 0 Å². The van der Waals surface area contributed by atoms with Crippen molar-refractivity contribution in [3.8, 4) is 0 Å². The summed E-state index contributed by atoms with van der Waals surface area (Å²) in [5, 5.41) is 2.82. The fraction of sp³-hybridized carbons (Fsp3) is 0.250. The lowest BCUT2D eigenvalue weighted by molar-refractivity contribution is -0.116. The van der Waals surface area contributed by atoms with E-state index in [4.69, 9.17) is 0 Å². The van der Waals surface area contributed by atoms with Crippen molar-refractivity contribution in [2.45, 2.75) is 13.3 Å². The van der Waals surface area contributed by atoms with Gasteiger partial charge in [-0.2, -0.15) is 0 Å². The monoisotopic (exact) mass is 380 g/mol. The summed E-state index contributed by atoms with van der Waals surface area (Å²) in [6.45, 7) is 2.08. The van der Waals surface area contributed by atoms with Gasteiger partial charge in [0, 0.05) is 12.7 Å². The number of carbonyl (C=O) groups excluding carboxylic acids is 2. The van der Waals surface area contributed by atoms with E-state index < -0.39 is 0 Å². The Labute approximate surface area is 142 Å². The van der Waals surface area contributed by atoms with Gasteiger partial charge in [0.2, 0.25) is 5.91 Å². The molecular weight excluding hydrogens is 364 g/mol. The summed E-state index contributed by atoms with van der Waals surface area (Å²) in [7, 11) is 1.62. The minimum Gasteiger partial charge on any atom is -0.332 e. The van der Waals surface area contributed by atoms with Gasteiger partial charge in [0.15, 0.2) is 0 Å². The Morgan fingerprint density at radius 3 is 2.68 bits per heavy atom. The lowest BCUT2D eigenvalue weighted by Crippen LogP contribution is -2.34. The largest absolute Gasteiger partial charge is 0.332 e. The highest BCUT2D eigenvalue weighted by Gasteiger charge is 2.16. The van der Waals surface area contributed by atoms with Crippen molar-refractivity contribution in [1.82, 2.24) is 4.90 Å². The van der Waals surface area contributed by atoms with Crippen LogP contribution in [0.5, 0.6) is 0 Å². The van der Waals surface area contributed by atoms with E-state index in [1.165, 1.54) is 16.2 Å². The molecule has 2 rings (SSSR count). The molecule has 0 spiro atoms. The first-order valence-electron chi connectivity index (χ1n) is 6.89. The quantitative estimate of drug-likeness (QED) is 0.857. The third-order valence-corrected chi connectivity index (χ3v) is 4.74. The molecule has 0 bridgehead atoms. The fourth-order valence-corrected chi connectivity index (χ4v) is 3.35. The summed E-state index contributed by atoms with van der Waals surface area (Å²) in [5.41, 5.74) is 1.91. The summed E-state index contributed by atoms with van der Waals surface area (Å²) < 4.78 is 0.894. The average Bonchev–Trinajstić information content (AvgIpc) is 2.93. The number of anilines is 1. The molecule has 0 atom stereocenters. The zero-order chi connectivity index (χ0) is 16.1. The van der Waals surface area contributed by atoms with Gasteiger partial charge in [-0.25, -0.2) is 0 Å². The van der Waals surface area contributed by atoms with Gasteiger partial charge < -0.3 is 10.2 Å². The van der Waals surface area contributed by atoms with Crippen molar-refractivity contribution in [1.29, 1.82) is 0 Å². The van der Waals surface area contributed by atoms with E-state index in [-0.39, 0.29) is 18.4 Å². The van der Waals surface area contributed by atoms with Crippen LogP contribution >= 0.6 is 27.3 Å². The molecule has 116 valence electrons. The molecule has 1 aromatic carbocycles. The lowest BCUT2D eigenvalue weighted by atomic mass is 10.1. The zero-order valence-corrected chi connectivity index (χ0v) is 14.8. The molecule has 0 saturated carbocycles. The zero-order valence-electron chi connectivity index (χ0n) is 12.4. The van der Waals surface area contributed by atoms with Crippen LogP contribution in [0.1, 0.15) is 22.2 Å². The van der Waals surface area contributed by atoms with E-state index in [1.807, 2.05) is 30.3 Å². The van der Waals surface area contributed by atoms with Crippen molar-refractivity contribution in [3.63, 3.8) is 0 Å². The average molecular weight is 381 g/mol. The predicted molar refractivity (Wildman–Crippen MR) is 93.4 cm³/mol. The van der Waals surface area contributed by atoms with Gasteiger partial charge in [-0.3, -0.25) is 9.59 Å². The van der Waals surface area contributed by atoms with Crippen molar-refractivity contribution in [2.75, 3.05) is 18.9 Å². The molecule has 0 unspecified atom stereocenters. The number of thiophene rings is 1. The lowest BCUT2D eigenvalue weighted by Gasteiger charge is -2.16. The van der Waals surface area contributed by atoms with Crippen LogP contribution in [0.4, 0.5) is 5.69 Å². The van der Waals surface area contributed by atoms with Gasteiger partial charge in [-0.1, -0.05) is 19.1 Å². The summed E-state index contributed by atoms with van der Waals surface area (Å²) in [5.74, 6) is -0.368. The number of amides is 2. The first-order chi connectivity index (χ1) is 10.5. The molecule has 2 aromatic rings. The Balaban J connectivity index is 1.94. The van der Waals surface area contributed by atoms with Crippen LogP contribution < -0.4 is 5.32 Å². The molecule has 0 aliphatic rings. The molecule has 1 heterocycles. The van der Waals surface area contributed by atoms with Crippen LogP contribution in [0.2, 0.25) is 0 Å². The van der Waals surface area contributed by atoms with Gasteiger partial charge in [-0.05, 0) is 52.2 Å². The van der Waals surface area contributed by atoms with E-state index in [2.05, 4.69) is 28.2 Å². The topological polar surface area (TPSA) is 49.4 Å². The molecule has 0 aliphatic carbocycles. The summed E-state index contributed by atoms with van der Waals surface area (Å²) in [6.07, 6.45) is 0.912. The maximum Gasteiger partial charge on any atom is 0.264 e. The Morgan fingerprint density at radius 2 is 2.05 bits per heavy atom. The number of benzene rings is 1. The van der Waals surface area contributed by atoms with Gasteiger partial charge >= 0.3 is 0 Å². The predicted octanol–water partition coefficient (Wildman–Crippen LogP) is 3.78. The van der Waals surface area contributed by atoms with Crippen LogP contribution in [-0.2, 0) is 11.2 Å². The minimum atomic E-state index is -0.209. The number of nitrogens with zero attached hydrogens (tertiary/aromatic N) is 1. The summed E-state index contributed by atoms with van der Waals surface area (Å²) in [6, 6.07) is 11.3. The summed E-state index contributed by atoms with van der Waals surface area (Å²) in [4.78, 5) is 26.3. The van der Waals surface area contributed by atoms with E-state index in [0.717, 1.165) is 21.5 Å². The molecule has 2 amide bonds. The van der Waals surface area contributed by atoms with Crippen LogP contribution in [0.15, 0.2) is 40.2 Å². The Bertz CT molecular complexity index is 684. The normalized spacial score (nSPS) is 10.3. The van der Waals surface area contributed by atoms with E-state index in [0.29, 0.717) is 4.88 Å². The second-order valence-corrected chi connectivity index (χ2v) is 7.33. The second-order valence-electron chi connectivity index (χ2n) is 4.87. The molecule has 6 heteroatoms. The number of aryl methyl sites for hydroxylation is 1. The molecule has 0 radical (unpaired) electrons. The highest BCUT2D eigenvalue weighted by molar-refractivity contribution is 9.11. The van der Waals surface area contributed by atoms with Crippen molar-refractivity contribution >= 4 is 44.8 Å². The van der Waals surface area contributed by atoms with Crippen molar-refractivity contribution in [3.05, 3.63) is 50.6 Å². The second kappa shape index (κ2) is 7.56. The minimum absolute atomic E-state index is 0.0186. The smallest absolute Gasteiger partial charge is 0.264 e. The first kappa shape index (κ1) is 16.7.